The predicted octanol–water partition coefficient (Wildman–Crippen LogP) is 2.05. The molecule has 2 unspecified atom stereocenters. The zero-order valence-corrected chi connectivity index (χ0v) is 19.8. The van der Waals surface area contributed by atoms with Crippen LogP contribution in [0.4, 0.5) is 4.79 Å². The second-order valence-corrected chi connectivity index (χ2v) is 8.82. The van der Waals surface area contributed by atoms with E-state index in [9.17, 15) is 19.2 Å². The van der Waals surface area contributed by atoms with Crippen molar-refractivity contribution in [3.63, 3.8) is 0 Å². The molecule has 2 aromatic carbocycles. The number of carbonyl (C=O) groups is 4. The number of amides is 3. The Morgan fingerprint density at radius 3 is 2.29 bits per heavy atom. The molecular weight excluding hydrogens is 450 g/mol. The lowest BCUT2D eigenvalue weighted by Gasteiger charge is -2.22. The van der Waals surface area contributed by atoms with Crippen LogP contribution in [0.1, 0.15) is 29.9 Å². The first-order chi connectivity index (χ1) is 16.9. The lowest BCUT2D eigenvalue weighted by molar-refractivity contribution is -0.145. The van der Waals surface area contributed by atoms with E-state index in [-0.39, 0.29) is 37.3 Å². The van der Waals surface area contributed by atoms with Crippen molar-refractivity contribution in [1.29, 1.82) is 0 Å². The largest absolute Gasteiger partial charge is 0.467 e. The summed E-state index contributed by atoms with van der Waals surface area (Å²) >= 11 is 0. The molecular formula is C26H29N3O6. The van der Waals surface area contributed by atoms with E-state index >= 15 is 0 Å². The molecule has 1 fully saturated rings. The Morgan fingerprint density at radius 2 is 1.71 bits per heavy atom. The first-order valence-electron chi connectivity index (χ1n) is 11.6. The summed E-state index contributed by atoms with van der Waals surface area (Å²) in [6.45, 7) is 0.372. The fourth-order valence-electron chi connectivity index (χ4n) is 4.73. The number of benzene rings is 2. The normalized spacial score (nSPS) is 17.1. The van der Waals surface area contributed by atoms with E-state index in [1.165, 1.54) is 14.2 Å². The minimum Gasteiger partial charge on any atom is -0.467 e. The molecule has 35 heavy (non-hydrogen) atoms. The van der Waals surface area contributed by atoms with Gasteiger partial charge in [-0.25, -0.2) is 9.59 Å². The van der Waals surface area contributed by atoms with Crippen LogP contribution in [0.25, 0.3) is 11.1 Å². The van der Waals surface area contributed by atoms with E-state index in [4.69, 9.17) is 9.47 Å². The summed E-state index contributed by atoms with van der Waals surface area (Å²) in [5.41, 5.74) is 4.45. The maximum atomic E-state index is 12.6. The zero-order valence-electron chi connectivity index (χ0n) is 19.8. The molecule has 2 atom stereocenters. The lowest BCUT2D eigenvalue weighted by atomic mass is 9.98. The van der Waals surface area contributed by atoms with Gasteiger partial charge >= 0.3 is 12.1 Å². The van der Waals surface area contributed by atoms with Crippen LogP contribution < -0.4 is 10.6 Å². The minimum atomic E-state index is -0.975. The number of carbonyl (C=O) groups excluding carboxylic acids is 4. The predicted molar refractivity (Wildman–Crippen MR) is 127 cm³/mol. The number of nitrogens with one attached hydrogen (secondary N) is 2. The molecule has 184 valence electrons. The molecule has 2 N–H and O–H groups in total. The van der Waals surface area contributed by atoms with Gasteiger partial charge < -0.3 is 25.0 Å². The number of nitrogens with zero attached hydrogens (tertiary/aromatic N) is 1. The number of hydrogen-bond donors (Lipinski definition) is 2. The van der Waals surface area contributed by atoms with Crippen LogP contribution in [0, 0.1) is 5.92 Å². The first-order valence-corrected chi connectivity index (χ1v) is 11.6. The van der Waals surface area contributed by atoms with Crippen LogP contribution >= 0.6 is 0 Å². The number of fused-ring (bicyclic) bond motifs is 3. The highest BCUT2D eigenvalue weighted by atomic mass is 16.6. The molecule has 4 rings (SSSR count). The molecule has 0 saturated carbocycles. The van der Waals surface area contributed by atoms with Crippen LogP contribution in [0.5, 0.6) is 0 Å². The first kappa shape index (κ1) is 24.3. The van der Waals surface area contributed by atoms with Gasteiger partial charge in [0.25, 0.3) is 0 Å². The summed E-state index contributed by atoms with van der Waals surface area (Å²) < 4.78 is 10.3. The molecule has 3 amide bonds. The third-order valence-corrected chi connectivity index (χ3v) is 6.53. The Kier molecular flexibility index (Phi) is 7.33. The maximum absolute atomic E-state index is 12.6. The Hall–Kier alpha value is -3.88. The molecule has 2 aromatic rings. The Morgan fingerprint density at radius 1 is 1.09 bits per heavy atom. The van der Waals surface area contributed by atoms with Crippen molar-refractivity contribution in [2.45, 2.75) is 24.8 Å². The van der Waals surface area contributed by atoms with Gasteiger partial charge in [0.15, 0.2) is 0 Å². The van der Waals surface area contributed by atoms with Crippen LogP contribution in [0.3, 0.4) is 0 Å². The van der Waals surface area contributed by atoms with Crippen molar-refractivity contribution >= 4 is 23.9 Å². The Bertz CT molecular complexity index is 1090. The number of likely N-dealkylation sites (N-methyl/N-ethyl adjacent to an activating group) is 1. The smallest absolute Gasteiger partial charge is 0.409 e. The Balaban J connectivity index is 1.33. The van der Waals surface area contributed by atoms with Crippen molar-refractivity contribution in [3.8, 4) is 11.1 Å². The van der Waals surface area contributed by atoms with Gasteiger partial charge in [-0.1, -0.05) is 48.5 Å². The van der Waals surface area contributed by atoms with E-state index in [1.54, 1.807) is 0 Å². The third kappa shape index (κ3) is 5.29. The van der Waals surface area contributed by atoms with E-state index < -0.39 is 24.0 Å². The number of rotatable bonds is 8. The fourth-order valence-corrected chi connectivity index (χ4v) is 4.73. The van der Waals surface area contributed by atoms with Gasteiger partial charge in [-0.3, -0.25) is 9.59 Å². The summed E-state index contributed by atoms with van der Waals surface area (Å²) in [7, 11) is 2.68. The summed E-state index contributed by atoms with van der Waals surface area (Å²) in [4.78, 5) is 50.4. The molecule has 9 heteroatoms. The van der Waals surface area contributed by atoms with Gasteiger partial charge in [0.05, 0.1) is 7.11 Å². The van der Waals surface area contributed by atoms with Gasteiger partial charge in [0.1, 0.15) is 19.2 Å². The number of esters is 1. The van der Waals surface area contributed by atoms with Gasteiger partial charge in [-0.05, 0) is 35.1 Å². The van der Waals surface area contributed by atoms with Crippen molar-refractivity contribution in [1.82, 2.24) is 15.5 Å². The van der Waals surface area contributed by atoms with Crippen molar-refractivity contribution in [2.24, 2.45) is 5.92 Å². The van der Waals surface area contributed by atoms with Crippen LogP contribution in [-0.4, -0.2) is 68.7 Å². The quantitative estimate of drug-likeness (QED) is 0.560. The van der Waals surface area contributed by atoms with Crippen LogP contribution in [0.15, 0.2) is 48.5 Å². The van der Waals surface area contributed by atoms with Crippen LogP contribution in [-0.2, 0) is 23.9 Å². The van der Waals surface area contributed by atoms with E-state index in [1.807, 2.05) is 36.4 Å². The molecule has 0 radical (unpaired) electrons. The second kappa shape index (κ2) is 10.6. The summed E-state index contributed by atoms with van der Waals surface area (Å²) in [5.74, 6) is -1.80. The average molecular weight is 480 g/mol. The lowest BCUT2D eigenvalue weighted by Crippen LogP contribution is -2.47. The average Bonchev–Trinajstić information content (AvgIpc) is 3.42. The topological polar surface area (TPSA) is 114 Å². The highest BCUT2D eigenvalue weighted by molar-refractivity contribution is 5.88. The molecule has 0 bridgehead atoms. The van der Waals surface area contributed by atoms with Crippen LogP contribution in [0.2, 0.25) is 0 Å². The molecule has 1 aliphatic heterocycles. The molecule has 9 nitrogen and oxygen atoms in total. The van der Waals surface area contributed by atoms with Crippen molar-refractivity contribution < 1.29 is 28.7 Å². The summed E-state index contributed by atoms with van der Waals surface area (Å²) in [5, 5.41) is 5.29. The highest BCUT2D eigenvalue weighted by Crippen LogP contribution is 2.44. The highest BCUT2D eigenvalue weighted by Gasteiger charge is 2.33. The second-order valence-electron chi connectivity index (χ2n) is 8.82. The number of ether oxygens (including phenoxy) is 2. The standard InChI is InChI=1S/C26H29N3O6/c1-29(14-23(30)28-22(25(32)34-2)13-16-11-12-27-24(16)31)26(33)35-15-21-19-9-5-3-7-17(19)18-8-4-6-10-20(18)21/h3-10,16,21-22H,11-15H2,1-2H3,(H,27,31)(H,28,30). The summed E-state index contributed by atoms with van der Waals surface area (Å²) in [6, 6.07) is 15.1. The van der Waals surface area contributed by atoms with Crippen molar-refractivity contribution in [2.75, 3.05) is 33.9 Å². The minimum absolute atomic E-state index is 0.0881. The van der Waals surface area contributed by atoms with E-state index in [0.29, 0.717) is 13.0 Å². The van der Waals surface area contributed by atoms with Crippen molar-refractivity contribution in [3.05, 3.63) is 59.7 Å². The molecule has 0 spiro atoms. The molecule has 2 aliphatic rings. The molecule has 0 aromatic heterocycles. The monoisotopic (exact) mass is 479 g/mol. The van der Waals surface area contributed by atoms with Gasteiger partial charge in [-0.15, -0.1) is 0 Å². The van der Waals surface area contributed by atoms with Gasteiger partial charge in [0, 0.05) is 25.4 Å². The van der Waals surface area contributed by atoms with Gasteiger partial charge in [0.2, 0.25) is 11.8 Å². The molecule has 1 heterocycles. The molecule has 1 aliphatic carbocycles. The summed E-state index contributed by atoms with van der Waals surface area (Å²) in [6.07, 6.45) is 0.0765. The van der Waals surface area contributed by atoms with Gasteiger partial charge in [-0.2, -0.15) is 0 Å². The number of hydrogen-bond acceptors (Lipinski definition) is 6. The molecule has 1 saturated heterocycles. The Labute approximate surface area is 203 Å². The SMILES string of the molecule is COC(=O)C(CC1CCNC1=O)NC(=O)CN(C)C(=O)OCC1c2ccccc2-c2ccccc21. The third-order valence-electron chi connectivity index (χ3n) is 6.53. The zero-order chi connectivity index (χ0) is 24.9. The fraction of sp³-hybridized carbons (Fsp3) is 0.385. The van der Waals surface area contributed by atoms with E-state index in [0.717, 1.165) is 27.2 Å². The maximum Gasteiger partial charge on any atom is 0.409 e. The number of methoxy groups -OCH3 is 1. The van der Waals surface area contributed by atoms with E-state index in [2.05, 4.69) is 22.8 Å².